The van der Waals surface area contributed by atoms with Gasteiger partial charge in [0.25, 0.3) is 0 Å². The smallest absolute Gasteiger partial charge is 0.181 e. The summed E-state index contributed by atoms with van der Waals surface area (Å²) in [6.07, 6.45) is 0. The molecule has 2 atom stereocenters. The zero-order valence-electron chi connectivity index (χ0n) is 6.98. The number of Topliss-reactive ketones (excluding diaryl/α,β-unsaturated/α-hetero) is 1. The Labute approximate surface area is 85.7 Å². The van der Waals surface area contributed by atoms with E-state index in [-0.39, 0.29) is 38.8 Å². The molecule has 12 heavy (non-hydrogen) atoms. The van der Waals surface area contributed by atoms with Gasteiger partial charge in [0.05, 0.1) is 6.04 Å². The molecule has 68 valence electrons. The first-order valence-electron chi connectivity index (χ1n) is 3.47. The van der Waals surface area contributed by atoms with Crippen LogP contribution in [0, 0.1) is 6.54 Å². The third-order valence-electron chi connectivity index (χ3n) is 1.87. The molecule has 1 fully saturated rings. The molecule has 2 N–H and O–H groups in total. The summed E-state index contributed by atoms with van der Waals surface area (Å²) in [5, 5.41) is 0. The van der Waals surface area contributed by atoms with E-state index in [0.29, 0.717) is 0 Å². The van der Waals surface area contributed by atoms with Crippen molar-refractivity contribution in [2.45, 2.75) is 25.9 Å². The average molecular weight is 339 g/mol. The van der Waals surface area contributed by atoms with Crippen molar-refractivity contribution in [1.29, 1.82) is 0 Å². The van der Waals surface area contributed by atoms with Crippen molar-refractivity contribution in [1.82, 2.24) is 4.90 Å². The van der Waals surface area contributed by atoms with Crippen LogP contribution in [0.4, 0.5) is 0 Å². The molecule has 0 aromatic heterocycles. The van der Waals surface area contributed by atoms with Crippen molar-refractivity contribution >= 4 is 11.7 Å². The Bertz CT molecular complexity index is 208. The zero-order chi connectivity index (χ0) is 8.59. The Kier molecular flexibility index (Phi) is 4.07. The van der Waals surface area contributed by atoms with Crippen molar-refractivity contribution in [3.8, 4) is 0 Å². The van der Waals surface area contributed by atoms with Crippen LogP contribution in [0.3, 0.4) is 0 Å². The maximum absolute atomic E-state index is 10.9. The summed E-state index contributed by atoms with van der Waals surface area (Å²) in [5.41, 5.74) is 5.29. The number of nitrogens with zero attached hydrogens (tertiary/aromatic N) is 1. The van der Waals surface area contributed by atoms with Crippen LogP contribution >= 0.6 is 0 Å². The fourth-order valence-electron chi connectivity index (χ4n) is 0.916. The summed E-state index contributed by atoms with van der Waals surface area (Å²) >= 11 is 0. The molecular weight excluding hydrogens is 328 g/mol. The van der Waals surface area contributed by atoms with Crippen LogP contribution < -0.4 is 5.73 Å². The molecule has 0 aliphatic carbocycles. The number of hydrogen-bond donors (Lipinski definition) is 1. The van der Waals surface area contributed by atoms with Crippen LogP contribution in [0.5, 0.6) is 0 Å². The largest absolute Gasteiger partial charge is 0.484 e. The summed E-state index contributed by atoms with van der Waals surface area (Å²) in [5.74, 6) is -0.200. The fraction of sp³-hybridized carbons (Fsp3) is 0.571. The Hall–Kier alpha value is -0.212. The molecule has 5 heteroatoms. The molecule has 1 saturated heterocycles. The van der Waals surface area contributed by atoms with E-state index in [2.05, 4.69) is 0 Å². The molecule has 1 aliphatic heterocycles. The number of likely N-dealkylation sites (tertiary alicyclic amines) is 1. The monoisotopic (exact) mass is 339 g/mol. The minimum absolute atomic E-state index is 0. The summed E-state index contributed by atoms with van der Waals surface area (Å²) < 4.78 is 0. The Morgan fingerprint density at radius 3 is 2.50 bits per heavy atom. The molecule has 1 amide bonds. The number of carbonyl (C=O) groups excluding carboxylic acids is 2. The predicted molar refractivity (Wildman–Crippen MR) is 39.3 cm³/mol. The first-order valence-corrected chi connectivity index (χ1v) is 3.47. The number of amides is 1. The van der Waals surface area contributed by atoms with Crippen molar-refractivity contribution in [3.63, 3.8) is 0 Å². The second kappa shape index (κ2) is 4.15. The van der Waals surface area contributed by atoms with Gasteiger partial charge < -0.3 is 10.6 Å². The standard InChI is InChI=1S/C7H11N2O2.W/c1-4(5(2)10)9-3-6(8)7(9)11;/h3-4,6H,8H2,1-2H3;/q-1;. The number of β-lactam (4-membered cyclic amide) rings is 1. The Morgan fingerprint density at radius 1 is 1.75 bits per heavy atom. The summed E-state index contributed by atoms with van der Waals surface area (Å²) in [6, 6.07) is -0.862. The van der Waals surface area contributed by atoms with Gasteiger partial charge in [-0.1, -0.05) is 0 Å². The van der Waals surface area contributed by atoms with Gasteiger partial charge in [-0.3, -0.25) is 9.59 Å². The third-order valence-corrected chi connectivity index (χ3v) is 1.87. The van der Waals surface area contributed by atoms with E-state index in [4.69, 9.17) is 5.73 Å². The summed E-state index contributed by atoms with van der Waals surface area (Å²) in [7, 11) is 0. The van der Waals surface area contributed by atoms with E-state index in [1.54, 1.807) is 13.5 Å². The zero-order valence-corrected chi connectivity index (χ0v) is 9.91. The van der Waals surface area contributed by atoms with Crippen LogP contribution in [0.25, 0.3) is 0 Å². The van der Waals surface area contributed by atoms with E-state index in [1.807, 2.05) is 0 Å². The van der Waals surface area contributed by atoms with Crippen molar-refractivity contribution in [3.05, 3.63) is 6.54 Å². The first kappa shape index (κ1) is 11.8. The maximum atomic E-state index is 10.9. The molecule has 0 aromatic rings. The molecular formula is C7H11N2O2W-. The van der Waals surface area contributed by atoms with Crippen LogP contribution in [-0.2, 0) is 30.7 Å². The van der Waals surface area contributed by atoms with Gasteiger partial charge in [-0.25, -0.2) is 6.54 Å². The van der Waals surface area contributed by atoms with Crippen LogP contribution in [0.2, 0.25) is 0 Å². The SMILES string of the molecule is CC(=O)C(C)N1[CH-]C(N)C1=O.[W]. The van der Waals surface area contributed by atoms with E-state index >= 15 is 0 Å². The third kappa shape index (κ3) is 1.93. The molecule has 0 bridgehead atoms. The summed E-state index contributed by atoms with van der Waals surface area (Å²) in [4.78, 5) is 23.1. The van der Waals surface area contributed by atoms with Gasteiger partial charge in [0.1, 0.15) is 5.78 Å². The van der Waals surface area contributed by atoms with Crippen LogP contribution in [0.15, 0.2) is 0 Å². The maximum Gasteiger partial charge on any atom is 0.181 e. The summed E-state index contributed by atoms with van der Waals surface area (Å²) in [6.45, 7) is 4.70. The molecule has 1 aliphatic rings. The van der Waals surface area contributed by atoms with Gasteiger partial charge >= 0.3 is 0 Å². The molecule has 0 spiro atoms. The minimum atomic E-state index is -0.503. The normalized spacial score (nSPS) is 24.1. The van der Waals surface area contributed by atoms with Gasteiger partial charge in [-0.15, -0.1) is 0 Å². The quantitative estimate of drug-likeness (QED) is 0.534. The van der Waals surface area contributed by atoms with Gasteiger partial charge in [0.2, 0.25) is 0 Å². The first-order chi connectivity index (χ1) is 5.04. The number of hydrogen-bond acceptors (Lipinski definition) is 3. The molecule has 0 saturated carbocycles. The van der Waals surface area contributed by atoms with Crippen LogP contribution in [-0.4, -0.2) is 28.7 Å². The van der Waals surface area contributed by atoms with Crippen molar-refractivity contribution in [2.24, 2.45) is 5.73 Å². The Morgan fingerprint density at radius 2 is 2.25 bits per heavy atom. The van der Waals surface area contributed by atoms with Gasteiger partial charge in [0, 0.05) is 21.1 Å². The van der Waals surface area contributed by atoms with E-state index in [1.165, 1.54) is 11.8 Å². The number of ketones is 1. The number of carbonyl (C=O) groups is 2. The number of nitrogens with two attached hydrogens (primary N) is 1. The topological polar surface area (TPSA) is 63.4 Å². The van der Waals surface area contributed by atoms with Gasteiger partial charge in [-0.05, 0) is 19.9 Å². The van der Waals surface area contributed by atoms with Crippen molar-refractivity contribution < 1.29 is 30.7 Å². The predicted octanol–water partition coefficient (Wildman–Crippen LogP) is -0.707. The second-order valence-corrected chi connectivity index (χ2v) is 2.71. The van der Waals surface area contributed by atoms with Gasteiger partial charge in [-0.2, -0.15) is 0 Å². The van der Waals surface area contributed by atoms with E-state index in [9.17, 15) is 9.59 Å². The molecule has 1 heterocycles. The molecule has 1 rings (SSSR count). The average Bonchev–Trinajstić information content (AvgIpc) is 1.98. The van der Waals surface area contributed by atoms with E-state index < -0.39 is 6.04 Å². The molecule has 0 radical (unpaired) electrons. The van der Waals surface area contributed by atoms with Crippen molar-refractivity contribution in [2.75, 3.05) is 0 Å². The van der Waals surface area contributed by atoms with Crippen LogP contribution in [0.1, 0.15) is 13.8 Å². The molecule has 0 aromatic carbocycles. The van der Waals surface area contributed by atoms with Gasteiger partial charge in [0.15, 0.2) is 5.91 Å². The fourth-order valence-corrected chi connectivity index (χ4v) is 0.916. The second-order valence-electron chi connectivity index (χ2n) is 2.71. The number of rotatable bonds is 2. The van der Waals surface area contributed by atoms with E-state index in [0.717, 1.165) is 0 Å². The molecule has 4 nitrogen and oxygen atoms in total. The molecule has 2 unspecified atom stereocenters. The minimum Gasteiger partial charge on any atom is -0.484 e. The Balaban J connectivity index is 0.00000121.